The number of amides is 2. The molecule has 0 unspecified atom stereocenters. The zero-order chi connectivity index (χ0) is 85.6. The van der Waals surface area contributed by atoms with Crippen molar-refractivity contribution < 1.29 is 130 Å². The predicted octanol–water partition coefficient (Wildman–Crippen LogP) is 8.27. The molecule has 30 heteroatoms. The monoisotopic (exact) mass is 1640 g/mol. The Bertz CT molecular complexity index is 4160. The van der Waals surface area contributed by atoms with E-state index in [1.54, 1.807) is 130 Å². The number of aliphatic hydroxyl groups excluding tert-OH is 3. The van der Waals surface area contributed by atoms with E-state index in [-0.39, 0.29) is 62.7 Å². The van der Waals surface area contributed by atoms with Crippen LogP contribution < -0.4 is 10.6 Å². The van der Waals surface area contributed by atoms with Crippen LogP contribution >= 0.6 is 0 Å². The highest BCUT2D eigenvalue weighted by Crippen LogP contribution is 2.69. The van der Waals surface area contributed by atoms with Crippen LogP contribution in [0.15, 0.2) is 95.6 Å². The van der Waals surface area contributed by atoms with Crippen molar-refractivity contribution in [3.8, 4) is 0 Å². The average molecular weight is 1640 g/mol. The van der Waals surface area contributed by atoms with Crippen molar-refractivity contribution in [2.45, 2.75) is 320 Å². The van der Waals surface area contributed by atoms with Gasteiger partial charge in [-0.05, 0) is 153 Å². The fraction of sp³-hybridized carbons (Fsp3) is 0.701. The zero-order valence-corrected chi connectivity index (χ0v) is 70.6. The number of esters is 6. The van der Waals surface area contributed by atoms with E-state index >= 15 is 0 Å². The van der Waals surface area contributed by atoms with Crippen molar-refractivity contribution in [2.24, 2.45) is 33.5 Å². The Morgan fingerprint density at radius 2 is 0.991 bits per heavy atom. The van der Waals surface area contributed by atoms with Crippen LogP contribution in [-0.2, 0) is 85.5 Å². The van der Waals surface area contributed by atoms with Gasteiger partial charge in [0.2, 0.25) is 0 Å². The first-order chi connectivity index (χ1) is 54.7. The van der Waals surface area contributed by atoms with Gasteiger partial charge in [-0.25, -0.2) is 28.8 Å². The molecule has 9 fully saturated rings. The number of fused-ring (bicyclic) bond motifs is 16. The van der Waals surface area contributed by atoms with Crippen LogP contribution in [0, 0.1) is 33.5 Å². The Morgan fingerprint density at radius 3 is 1.33 bits per heavy atom. The fourth-order valence-electron chi connectivity index (χ4n) is 21.1. The van der Waals surface area contributed by atoms with E-state index in [9.17, 15) is 63.9 Å². The lowest BCUT2D eigenvalue weighted by molar-refractivity contribution is -0.345. The maximum atomic E-state index is 14.4. The Morgan fingerprint density at radius 1 is 0.590 bits per heavy atom. The number of nitrogens with zero attached hydrogens (tertiary/aromatic N) is 1. The molecule has 2 aromatic carbocycles. The topological polar surface area (TPSA) is 394 Å². The van der Waals surface area contributed by atoms with Crippen LogP contribution in [-0.4, -0.2) is 249 Å². The normalized spacial score (nSPS) is 37.1. The minimum Gasteiger partial charge on any atom is -0.456 e. The first-order valence-electron chi connectivity index (χ1n) is 41.1. The van der Waals surface area contributed by atoms with Gasteiger partial charge >= 0.3 is 48.0 Å². The Balaban J connectivity index is 0.000000216. The fourth-order valence-corrected chi connectivity index (χ4v) is 21.1. The molecule has 4 bridgehead atoms. The van der Waals surface area contributed by atoms with E-state index in [0.29, 0.717) is 54.5 Å². The Hall–Kier alpha value is -7.46. The van der Waals surface area contributed by atoms with Crippen molar-refractivity contribution in [2.75, 3.05) is 32.9 Å². The molecule has 30 nitrogen and oxygen atoms in total. The minimum atomic E-state index is -2.05. The summed E-state index contributed by atoms with van der Waals surface area (Å²) in [5, 5.41) is 65.3. The van der Waals surface area contributed by atoms with E-state index in [1.165, 1.54) is 19.9 Å². The molecule has 0 radical (unpaired) electrons. The number of hydrogen-bond donors (Lipinski definition) is 7. The predicted molar refractivity (Wildman–Crippen MR) is 417 cm³/mol. The van der Waals surface area contributed by atoms with Crippen LogP contribution in [0.3, 0.4) is 0 Å². The number of aliphatic hydroxyl groups is 5. The molecule has 5 aliphatic heterocycles. The highest BCUT2D eigenvalue weighted by molar-refractivity contribution is 5.90. The molecule has 25 atom stereocenters. The lowest BCUT2D eigenvalue weighted by atomic mass is 9.45. The molecule has 4 saturated carbocycles. The van der Waals surface area contributed by atoms with Gasteiger partial charge in [-0.2, -0.15) is 0 Å². The molecule has 7 N–H and O–H groups in total. The number of hydrogen-bond acceptors (Lipinski definition) is 28. The third-order valence-corrected chi connectivity index (χ3v) is 27.2. The molecular formula is C87H121N3O27. The minimum absolute atomic E-state index is 0.0183. The zero-order valence-electron chi connectivity index (χ0n) is 70.6. The number of rotatable bonds is 20. The van der Waals surface area contributed by atoms with Crippen molar-refractivity contribution in [3.63, 3.8) is 0 Å². The number of alkyl carbamates (subject to hydrolysis) is 2. The second-order valence-corrected chi connectivity index (χ2v) is 37.3. The summed E-state index contributed by atoms with van der Waals surface area (Å²) in [6.07, 6.45) is -12.5. The molecule has 0 aromatic heterocycles. The first kappa shape index (κ1) is 88.8. The summed E-state index contributed by atoms with van der Waals surface area (Å²) in [6.45, 7) is 36.0. The second-order valence-electron chi connectivity index (χ2n) is 37.3. The van der Waals surface area contributed by atoms with Gasteiger partial charge in [0.05, 0.1) is 67.1 Å². The van der Waals surface area contributed by atoms with Gasteiger partial charge in [0.15, 0.2) is 36.0 Å². The van der Waals surface area contributed by atoms with Gasteiger partial charge < -0.3 is 102 Å². The van der Waals surface area contributed by atoms with Crippen LogP contribution in [0.2, 0.25) is 0 Å². The number of nitrogens with one attached hydrogen (secondary N) is 2. The largest absolute Gasteiger partial charge is 0.456 e. The van der Waals surface area contributed by atoms with Gasteiger partial charge in [0.25, 0.3) is 0 Å². The van der Waals surface area contributed by atoms with Crippen LogP contribution in [0.25, 0.3) is 0 Å². The maximum absolute atomic E-state index is 14.4. The Labute approximate surface area is 683 Å². The molecule has 5 saturated heterocycles. The summed E-state index contributed by atoms with van der Waals surface area (Å²) < 4.78 is 88.3. The van der Waals surface area contributed by atoms with E-state index in [2.05, 4.69) is 22.1 Å². The SMILES string of the molecule is C=C[C@@H]1O[C@@H]2C3=C(C)[C@@H](OC(=O)[C@H](O)[C@H](CC)NC(=O)OC(C)(C)C)C[C@@](O)([C@@H](OC(=O)c4ccccc4)[C@H]4[C@@](C)(CC[C@H]5OC[C@]54OC(C)=O)[C@@H]2O1)C3(C)C.CC[C@H](NC(=O)OC(C)(C)C)[C@@H](O)C(=O)O[C@H]1C[C@@]2(O)[C@@H](OC(=O)c3ccccc3)[C@H]3[C@@](C)(CC[C@H]4OC[C@]43OC(C)=O)[C@@H]3O[C@H](CN4CC[C@H]4CO)O[C@@H]3C(=C1C)C2(C)C. The lowest BCUT2D eigenvalue weighted by Crippen LogP contribution is -2.79. The summed E-state index contributed by atoms with van der Waals surface area (Å²) in [5.74, 6) is -6.56. The standard InChI is InChI=1S/C45H64N2O14.C42H57NO13/c1-10-28(46-40(53)61-41(4,5)6)33(50)39(52)56-29-20-45(54)37(59-38(51)26-14-12-11-13-15-26)35-43(9,18-16-30-44(35,23-55-30)60-25(3)49)36-34(32(24(29)2)42(45,7)8)57-31(58-36)21-47-19-17-27(47)22-48;1-11-25(43-37(48)56-38(5,6)7)30(45)36(47)51-26-20-42(49)34(54-35(46)24-16-14-13-15-17-24)32-40(10,19-18-27-41(32,21-50-27)55-23(4)44)33-31(52-28(12-2)53-33)29(22(26)3)39(42,8)9/h11-15,27-31,33-37,48,50,54H,10,16-23H2,1-9H3,(H,46,53);12-17,25-28,30-34,45,49H,2,11,18-21H2,1,3-10H3,(H,43,48)/t27-,28-,29-,30+,31+,33+,34+,35-,36+,37-,43+,44-,45+;25-,26-,27+,28+,30+,31+,32-,33+,34-,40+,41-,42+/m00/s1. The molecule has 6 aliphatic carbocycles. The number of likely N-dealkylation sites (tertiary alicyclic amines) is 1. The first-order valence-corrected chi connectivity index (χ1v) is 41.1. The van der Waals surface area contributed by atoms with Gasteiger partial charge in [-0.15, -0.1) is 0 Å². The molecule has 0 spiro atoms. The summed E-state index contributed by atoms with van der Waals surface area (Å²) in [4.78, 5) is 110. The summed E-state index contributed by atoms with van der Waals surface area (Å²) in [7, 11) is 0. The number of carbonyl (C=O) groups is 8. The van der Waals surface area contributed by atoms with Gasteiger partial charge in [0, 0.05) is 67.5 Å². The highest BCUT2D eigenvalue weighted by atomic mass is 16.7. The van der Waals surface area contributed by atoms with Crippen LogP contribution in [0.4, 0.5) is 9.59 Å². The summed E-state index contributed by atoms with van der Waals surface area (Å²) in [6, 6.07) is 14.6. The molecule has 2 amide bonds. The van der Waals surface area contributed by atoms with Gasteiger partial charge in [-0.1, -0.05) is 98.4 Å². The number of ether oxygens (including phenoxy) is 14. The van der Waals surface area contributed by atoms with Crippen LogP contribution in [0.5, 0.6) is 0 Å². The number of carbonyl (C=O) groups excluding carboxylic acids is 8. The van der Waals surface area contributed by atoms with E-state index in [0.717, 1.165) is 13.0 Å². The van der Waals surface area contributed by atoms with Gasteiger partial charge in [-0.3, -0.25) is 14.5 Å². The van der Waals surface area contributed by atoms with Crippen molar-refractivity contribution >= 4 is 48.0 Å². The molecule has 117 heavy (non-hydrogen) atoms. The third-order valence-electron chi connectivity index (χ3n) is 27.2. The maximum Gasteiger partial charge on any atom is 0.407 e. The third kappa shape index (κ3) is 16.0. The quantitative estimate of drug-likeness (QED) is 0.0372. The number of benzene rings is 2. The molecule has 2 aromatic rings. The van der Waals surface area contributed by atoms with E-state index in [4.69, 9.17) is 66.3 Å². The molecular weight excluding hydrogens is 1520 g/mol. The van der Waals surface area contributed by atoms with Crippen molar-refractivity contribution in [1.29, 1.82) is 0 Å². The smallest absolute Gasteiger partial charge is 0.407 e. The molecule has 5 heterocycles. The molecule has 11 aliphatic rings. The van der Waals surface area contributed by atoms with Crippen molar-refractivity contribution in [1.82, 2.24) is 15.5 Å². The Kier molecular flexibility index (Phi) is 24.9. The average Bonchev–Trinajstić information content (AvgIpc) is 1.64. The highest BCUT2D eigenvalue weighted by Gasteiger charge is 2.80. The summed E-state index contributed by atoms with van der Waals surface area (Å²) >= 11 is 0. The second kappa shape index (κ2) is 32.8. The molecule has 13 rings (SSSR count). The van der Waals surface area contributed by atoms with E-state index < -0.39 is 213 Å². The van der Waals surface area contributed by atoms with Crippen molar-refractivity contribution in [3.05, 3.63) is 107 Å². The summed E-state index contributed by atoms with van der Waals surface area (Å²) in [5.41, 5.74) is -10.2. The molecule has 646 valence electrons. The van der Waals surface area contributed by atoms with Crippen LogP contribution in [0.1, 0.15) is 203 Å². The lowest BCUT2D eigenvalue weighted by Gasteiger charge is -2.68. The van der Waals surface area contributed by atoms with Gasteiger partial charge in [0.1, 0.15) is 71.2 Å². The van der Waals surface area contributed by atoms with E-state index in [1.807, 2.05) is 41.5 Å².